The summed E-state index contributed by atoms with van der Waals surface area (Å²) in [5.41, 5.74) is 7.46. The van der Waals surface area contributed by atoms with E-state index < -0.39 is 0 Å². The van der Waals surface area contributed by atoms with Crippen molar-refractivity contribution in [1.82, 2.24) is 5.43 Å². The summed E-state index contributed by atoms with van der Waals surface area (Å²) in [6.45, 7) is 4.06. The molecule has 0 aliphatic rings. The molecule has 0 saturated carbocycles. The van der Waals surface area contributed by atoms with Crippen LogP contribution in [0.5, 0.6) is 0 Å². The van der Waals surface area contributed by atoms with Crippen LogP contribution in [0.25, 0.3) is 0 Å². The van der Waals surface area contributed by atoms with E-state index in [-0.39, 0.29) is 11.9 Å². The van der Waals surface area contributed by atoms with Gasteiger partial charge in [-0.1, -0.05) is 37.3 Å². The standard InChI is InChI=1S/C17H21FN2/c1-3-13-6-4-5-7-16(13)17(20-19)11-14-8-9-15(18)10-12(14)2/h4-10,17,20H,3,11,19H2,1-2H3. The van der Waals surface area contributed by atoms with E-state index in [9.17, 15) is 4.39 Å². The summed E-state index contributed by atoms with van der Waals surface area (Å²) in [6.07, 6.45) is 1.72. The fourth-order valence-electron chi connectivity index (χ4n) is 2.56. The van der Waals surface area contributed by atoms with Crippen LogP contribution in [-0.4, -0.2) is 0 Å². The van der Waals surface area contributed by atoms with E-state index in [2.05, 4.69) is 24.5 Å². The quantitative estimate of drug-likeness (QED) is 0.646. The van der Waals surface area contributed by atoms with Gasteiger partial charge in [0, 0.05) is 0 Å². The molecule has 0 aliphatic carbocycles. The molecule has 2 aromatic carbocycles. The molecule has 0 spiro atoms. The highest BCUT2D eigenvalue weighted by Crippen LogP contribution is 2.23. The molecule has 0 heterocycles. The van der Waals surface area contributed by atoms with Crippen LogP contribution in [0.4, 0.5) is 4.39 Å². The Hall–Kier alpha value is -1.71. The van der Waals surface area contributed by atoms with Gasteiger partial charge in [-0.25, -0.2) is 4.39 Å². The summed E-state index contributed by atoms with van der Waals surface area (Å²) in [4.78, 5) is 0. The van der Waals surface area contributed by atoms with Crippen LogP contribution < -0.4 is 11.3 Å². The molecule has 3 N–H and O–H groups in total. The highest BCUT2D eigenvalue weighted by molar-refractivity contribution is 5.34. The summed E-state index contributed by atoms with van der Waals surface area (Å²) in [5, 5.41) is 0. The van der Waals surface area contributed by atoms with Gasteiger partial charge in [-0.2, -0.15) is 0 Å². The second-order valence-corrected chi connectivity index (χ2v) is 5.05. The number of hydrazine groups is 1. The van der Waals surface area contributed by atoms with Crippen molar-refractivity contribution in [3.05, 3.63) is 70.5 Å². The van der Waals surface area contributed by atoms with Crippen LogP contribution in [0.2, 0.25) is 0 Å². The largest absolute Gasteiger partial charge is 0.271 e. The van der Waals surface area contributed by atoms with Crippen molar-refractivity contribution in [2.75, 3.05) is 0 Å². The highest BCUT2D eigenvalue weighted by Gasteiger charge is 2.14. The SMILES string of the molecule is CCc1ccccc1C(Cc1ccc(F)cc1C)NN. The molecule has 106 valence electrons. The number of nitrogens with one attached hydrogen (secondary N) is 1. The Morgan fingerprint density at radius 2 is 1.90 bits per heavy atom. The molecular weight excluding hydrogens is 251 g/mol. The Morgan fingerprint density at radius 1 is 1.15 bits per heavy atom. The normalized spacial score (nSPS) is 12.4. The Bertz CT molecular complexity index is 581. The molecule has 0 radical (unpaired) electrons. The van der Waals surface area contributed by atoms with E-state index in [4.69, 9.17) is 5.84 Å². The van der Waals surface area contributed by atoms with Crippen LogP contribution in [0.3, 0.4) is 0 Å². The summed E-state index contributed by atoms with van der Waals surface area (Å²) in [7, 11) is 0. The Labute approximate surface area is 119 Å². The maximum atomic E-state index is 13.2. The number of benzene rings is 2. The molecular formula is C17H21FN2. The first-order valence-electron chi connectivity index (χ1n) is 6.94. The first kappa shape index (κ1) is 14.7. The molecule has 0 saturated heterocycles. The summed E-state index contributed by atoms with van der Waals surface area (Å²) >= 11 is 0. The molecule has 1 atom stereocenters. The zero-order valence-electron chi connectivity index (χ0n) is 12.0. The maximum absolute atomic E-state index is 13.2. The fourth-order valence-corrected chi connectivity index (χ4v) is 2.56. The van der Waals surface area contributed by atoms with Crippen molar-refractivity contribution in [2.45, 2.75) is 32.7 Å². The van der Waals surface area contributed by atoms with Crippen LogP contribution in [0, 0.1) is 12.7 Å². The second kappa shape index (κ2) is 6.64. The van der Waals surface area contributed by atoms with Crippen molar-refractivity contribution in [1.29, 1.82) is 0 Å². The van der Waals surface area contributed by atoms with Gasteiger partial charge < -0.3 is 0 Å². The van der Waals surface area contributed by atoms with Gasteiger partial charge in [0.25, 0.3) is 0 Å². The second-order valence-electron chi connectivity index (χ2n) is 5.05. The van der Waals surface area contributed by atoms with E-state index in [0.717, 1.165) is 24.0 Å². The average molecular weight is 272 g/mol. The minimum atomic E-state index is -0.197. The number of nitrogens with two attached hydrogens (primary N) is 1. The lowest BCUT2D eigenvalue weighted by Gasteiger charge is -2.20. The lowest BCUT2D eigenvalue weighted by Crippen LogP contribution is -2.30. The van der Waals surface area contributed by atoms with Crippen molar-refractivity contribution in [3.8, 4) is 0 Å². The Kier molecular flexibility index (Phi) is 4.88. The molecule has 2 nitrogen and oxygen atoms in total. The van der Waals surface area contributed by atoms with E-state index >= 15 is 0 Å². The Balaban J connectivity index is 2.29. The lowest BCUT2D eigenvalue weighted by molar-refractivity contribution is 0.545. The zero-order valence-corrected chi connectivity index (χ0v) is 12.0. The molecule has 0 aliphatic heterocycles. The van der Waals surface area contributed by atoms with Gasteiger partial charge in [-0.15, -0.1) is 0 Å². The molecule has 0 amide bonds. The van der Waals surface area contributed by atoms with Gasteiger partial charge in [0.05, 0.1) is 6.04 Å². The minimum absolute atomic E-state index is 0.0373. The summed E-state index contributed by atoms with van der Waals surface area (Å²) in [5.74, 6) is 5.54. The summed E-state index contributed by atoms with van der Waals surface area (Å²) < 4.78 is 13.2. The van der Waals surface area contributed by atoms with E-state index in [1.54, 1.807) is 6.07 Å². The Morgan fingerprint density at radius 3 is 2.55 bits per heavy atom. The first-order valence-corrected chi connectivity index (χ1v) is 6.94. The van der Waals surface area contributed by atoms with Crippen LogP contribution in [0.1, 0.15) is 35.2 Å². The van der Waals surface area contributed by atoms with Gasteiger partial charge >= 0.3 is 0 Å². The zero-order chi connectivity index (χ0) is 14.5. The van der Waals surface area contributed by atoms with Crippen LogP contribution >= 0.6 is 0 Å². The fraction of sp³-hybridized carbons (Fsp3) is 0.294. The number of hydrogen-bond acceptors (Lipinski definition) is 2. The van der Waals surface area contributed by atoms with Gasteiger partial charge in [-0.05, 0) is 54.2 Å². The summed E-state index contributed by atoms with van der Waals surface area (Å²) in [6, 6.07) is 13.2. The maximum Gasteiger partial charge on any atom is 0.123 e. The van der Waals surface area contributed by atoms with Gasteiger partial charge in [0.2, 0.25) is 0 Å². The van der Waals surface area contributed by atoms with Gasteiger partial charge in [0.1, 0.15) is 5.82 Å². The molecule has 0 bridgehead atoms. The molecule has 2 aromatic rings. The lowest BCUT2D eigenvalue weighted by atomic mass is 9.92. The van der Waals surface area contributed by atoms with E-state index in [1.807, 2.05) is 25.1 Å². The topological polar surface area (TPSA) is 38.0 Å². The predicted molar refractivity (Wildman–Crippen MR) is 80.7 cm³/mol. The third-order valence-electron chi connectivity index (χ3n) is 3.74. The number of hydrogen-bond donors (Lipinski definition) is 2. The highest BCUT2D eigenvalue weighted by atomic mass is 19.1. The van der Waals surface area contributed by atoms with Gasteiger partial charge in [0.15, 0.2) is 0 Å². The van der Waals surface area contributed by atoms with Crippen LogP contribution in [0.15, 0.2) is 42.5 Å². The molecule has 0 aromatic heterocycles. The number of aryl methyl sites for hydroxylation is 2. The van der Waals surface area contributed by atoms with Gasteiger partial charge in [-0.3, -0.25) is 11.3 Å². The van der Waals surface area contributed by atoms with Crippen molar-refractivity contribution >= 4 is 0 Å². The predicted octanol–water partition coefficient (Wildman–Crippen LogP) is 3.44. The monoisotopic (exact) mass is 272 g/mol. The van der Waals surface area contributed by atoms with Crippen molar-refractivity contribution in [2.24, 2.45) is 5.84 Å². The first-order chi connectivity index (χ1) is 9.65. The van der Waals surface area contributed by atoms with Crippen molar-refractivity contribution < 1.29 is 4.39 Å². The molecule has 0 fully saturated rings. The number of rotatable bonds is 5. The van der Waals surface area contributed by atoms with E-state index in [1.165, 1.54) is 17.2 Å². The third-order valence-corrected chi connectivity index (χ3v) is 3.74. The van der Waals surface area contributed by atoms with Crippen LogP contribution in [-0.2, 0) is 12.8 Å². The third kappa shape index (κ3) is 3.24. The average Bonchev–Trinajstić information content (AvgIpc) is 2.46. The molecule has 2 rings (SSSR count). The minimum Gasteiger partial charge on any atom is -0.271 e. The smallest absolute Gasteiger partial charge is 0.123 e. The molecule has 20 heavy (non-hydrogen) atoms. The molecule has 3 heteroatoms. The van der Waals surface area contributed by atoms with E-state index in [0.29, 0.717) is 0 Å². The number of halogens is 1. The van der Waals surface area contributed by atoms with Crippen molar-refractivity contribution in [3.63, 3.8) is 0 Å². The molecule has 1 unspecified atom stereocenters.